The number of amides is 4. The van der Waals surface area contributed by atoms with Gasteiger partial charge in [-0.3, -0.25) is 38.6 Å². The molecule has 3 fully saturated rings. The fourth-order valence-corrected chi connectivity index (χ4v) is 7.04. The number of esters is 2. The molecule has 3 aliphatic heterocycles. The first-order chi connectivity index (χ1) is 27.1. The van der Waals surface area contributed by atoms with Crippen molar-refractivity contribution in [3.8, 4) is 0 Å². The molecule has 4 aromatic carbocycles. The van der Waals surface area contributed by atoms with Crippen molar-refractivity contribution in [2.24, 2.45) is 0 Å². The maximum atomic E-state index is 13.5. The smallest absolute Gasteiger partial charge is 0.338 e. The number of ketones is 2. The highest BCUT2D eigenvalue weighted by molar-refractivity contribution is 6.23. The van der Waals surface area contributed by atoms with Gasteiger partial charge in [-0.05, 0) is 48.5 Å². The maximum absolute atomic E-state index is 13.5. The Morgan fingerprint density at radius 1 is 0.464 bits per heavy atom. The van der Waals surface area contributed by atoms with Crippen molar-refractivity contribution in [3.63, 3.8) is 0 Å². The zero-order valence-electron chi connectivity index (χ0n) is 30.1. The van der Waals surface area contributed by atoms with E-state index in [0.717, 1.165) is 9.80 Å². The third-order valence-electron chi connectivity index (χ3n) is 10.1. The van der Waals surface area contributed by atoms with Crippen LogP contribution in [0, 0.1) is 0 Å². The van der Waals surface area contributed by atoms with Crippen molar-refractivity contribution >= 4 is 58.5 Å². The fourth-order valence-electron chi connectivity index (χ4n) is 7.04. The molecular formula is C42H36N4O10. The van der Waals surface area contributed by atoms with E-state index in [1.165, 1.54) is 48.5 Å². The molecule has 2 atom stereocenters. The number of rotatable bonds is 12. The lowest BCUT2D eigenvalue weighted by atomic mass is 10.1. The number of hydrogen-bond donors (Lipinski definition) is 0. The third-order valence-corrected chi connectivity index (χ3v) is 10.1. The molecule has 284 valence electrons. The molecule has 7 rings (SSSR count). The Bertz CT molecular complexity index is 2030. The van der Waals surface area contributed by atoms with Crippen LogP contribution >= 0.6 is 0 Å². The molecule has 0 saturated carbocycles. The fraction of sp³-hybridized carbons (Fsp3) is 0.238. The van der Waals surface area contributed by atoms with E-state index in [4.69, 9.17) is 9.47 Å². The molecule has 3 saturated heterocycles. The number of nitrogens with zero attached hydrogens (tertiary/aromatic N) is 4. The average molecular weight is 757 g/mol. The number of Topliss-reactive ketones (excluding diaryl/α,β-unsaturated/α-hetero) is 2. The highest BCUT2D eigenvalue weighted by Crippen LogP contribution is 2.30. The molecule has 2 unspecified atom stereocenters. The Labute approximate surface area is 321 Å². The van der Waals surface area contributed by atoms with Gasteiger partial charge in [-0.1, -0.05) is 60.7 Å². The zero-order chi connectivity index (χ0) is 39.3. The van der Waals surface area contributed by atoms with Crippen molar-refractivity contribution in [1.29, 1.82) is 0 Å². The largest absolute Gasteiger partial charge is 0.454 e. The second-order valence-electron chi connectivity index (χ2n) is 13.5. The Morgan fingerprint density at radius 2 is 0.804 bits per heavy atom. The number of anilines is 2. The van der Waals surface area contributed by atoms with E-state index < -0.39 is 60.9 Å². The van der Waals surface area contributed by atoms with Crippen molar-refractivity contribution in [2.45, 2.75) is 24.9 Å². The second kappa shape index (κ2) is 16.4. The van der Waals surface area contributed by atoms with Gasteiger partial charge in [-0.25, -0.2) is 19.4 Å². The van der Waals surface area contributed by atoms with Gasteiger partial charge >= 0.3 is 11.9 Å². The minimum atomic E-state index is -0.717. The molecule has 4 aromatic rings. The minimum absolute atomic E-state index is 0.0360. The first kappa shape index (κ1) is 37.7. The van der Waals surface area contributed by atoms with Crippen molar-refractivity contribution < 1.29 is 47.8 Å². The van der Waals surface area contributed by atoms with Crippen LogP contribution in [0.2, 0.25) is 0 Å². The summed E-state index contributed by atoms with van der Waals surface area (Å²) in [7, 11) is 0. The first-order valence-corrected chi connectivity index (χ1v) is 18.0. The van der Waals surface area contributed by atoms with Gasteiger partial charge < -0.3 is 9.47 Å². The van der Waals surface area contributed by atoms with Crippen LogP contribution in [0.15, 0.2) is 109 Å². The maximum Gasteiger partial charge on any atom is 0.338 e. The summed E-state index contributed by atoms with van der Waals surface area (Å²) in [4.78, 5) is 109. The standard InChI is InChI=1S/C42H36N4O10/c47-35(27-7-3-1-4-8-27)25-55-41(53)29-11-15-31(16-12-29)45-37(49)23-33(39(45)51)43-19-21-44(22-20-43)34-24-38(50)46(40(34)52)32-17-13-30(14-18-32)42(54)56-26-36(48)28-9-5-2-6-10-28/h1-18,33-34H,19-26H2. The summed E-state index contributed by atoms with van der Waals surface area (Å²) in [5.74, 6) is -3.71. The van der Waals surface area contributed by atoms with Crippen LogP contribution in [-0.2, 0) is 28.7 Å². The van der Waals surface area contributed by atoms with Crippen LogP contribution in [0.5, 0.6) is 0 Å². The zero-order valence-corrected chi connectivity index (χ0v) is 30.1. The Morgan fingerprint density at radius 3 is 1.14 bits per heavy atom. The lowest BCUT2D eigenvalue weighted by Gasteiger charge is -2.38. The molecule has 4 amide bonds. The van der Waals surface area contributed by atoms with Crippen LogP contribution in [0.3, 0.4) is 0 Å². The summed E-state index contributed by atoms with van der Waals surface area (Å²) in [6.45, 7) is 0.663. The second-order valence-corrected chi connectivity index (χ2v) is 13.5. The van der Waals surface area contributed by atoms with Crippen LogP contribution in [0.1, 0.15) is 54.3 Å². The molecule has 56 heavy (non-hydrogen) atoms. The molecule has 0 aliphatic carbocycles. The van der Waals surface area contributed by atoms with E-state index in [1.54, 1.807) is 60.7 Å². The van der Waals surface area contributed by atoms with E-state index in [1.807, 2.05) is 9.80 Å². The van der Waals surface area contributed by atoms with Gasteiger partial charge in [0.25, 0.3) is 11.8 Å². The summed E-state index contributed by atoms with van der Waals surface area (Å²) in [6.07, 6.45) is -0.0720. The number of carbonyl (C=O) groups excluding carboxylic acids is 8. The number of benzene rings is 4. The van der Waals surface area contributed by atoms with E-state index in [9.17, 15) is 38.4 Å². The lowest BCUT2D eigenvalue weighted by molar-refractivity contribution is -0.126. The highest BCUT2D eigenvalue weighted by Gasteiger charge is 2.47. The topological polar surface area (TPSA) is 168 Å². The van der Waals surface area contributed by atoms with Gasteiger partial charge in [-0.15, -0.1) is 0 Å². The van der Waals surface area contributed by atoms with Crippen molar-refractivity contribution in [2.75, 3.05) is 49.2 Å². The Hall–Kier alpha value is -6.64. The van der Waals surface area contributed by atoms with Crippen LogP contribution in [0.25, 0.3) is 0 Å². The van der Waals surface area contributed by atoms with E-state index in [-0.39, 0.29) is 35.5 Å². The predicted molar refractivity (Wildman–Crippen MR) is 200 cm³/mol. The SMILES string of the molecule is O=C(COC(=O)c1ccc(N2C(=O)CC(N3CCN(C4CC(=O)N(c5ccc(C(=O)OCC(=O)c6ccccc6)cc5)C4=O)CC3)C2=O)cc1)c1ccccc1. The number of imide groups is 2. The van der Waals surface area contributed by atoms with Gasteiger partial charge in [0.1, 0.15) is 0 Å². The first-order valence-electron chi connectivity index (χ1n) is 18.0. The van der Waals surface area contributed by atoms with Crippen molar-refractivity contribution in [3.05, 3.63) is 131 Å². The summed E-state index contributed by atoms with van der Waals surface area (Å²) in [6, 6.07) is 27.1. The molecule has 0 bridgehead atoms. The number of piperazine rings is 1. The average Bonchev–Trinajstić information content (AvgIpc) is 3.71. The summed E-state index contributed by atoms with van der Waals surface area (Å²) < 4.78 is 10.3. The summed E-state index contributed by atoms with van der Waals surface area (Å²) >= 11 is 0. The van der Waals surface area contributed by atoms with Crippen LogP contribution < -0.4 is 9.80 Å². The number of ether oxygens (including phenoxy) is 2. The number of carbonyl (C=O) groups is 8. The van der Waals surface area contributed by atoms with Gasteiger partial charge in [0, 0.05) is 37.3 Å². The van der Waals surface area contributed by atoms with Crippen LogP contribution in [0.4, 0.5) is 11.4 Å². The Kier molecular flexibility index (Phi) is 11.0. The monoisotopic (exact) mass is 756 g/mol. The van der Waals surface area contributed by atoms with Gasteiger partial charge in [0.05, 0.1) is 47.4 Å². The number of hydrogen-bond acceptors (Lipinski definition) is 12. The normalized spacial score (nSPS) is 19.0. The van der Waals surface area contributed by atoms with E-state index >= 15 is 0 Å². The lowest BCUT2D eigenvalue weighted by Crippen LogP contribution is -2.56. The molecule has 0 aromatic heterocycles. The van der Waals surface area contributed by atoms with Gasteiger partial charge in [0.15, 0.2) is 24.8 Å². The molecule has 0 radical (unpaired) electrons. The van der Waals surface area contributed by atoms with Crippen molar-refractivity contribution in [1.82, 2.24) is 9.80 Å². The summed E-state index contributed by atoms with van der Waals surface area (Å²) in [5.41, 5.74) is 1.76. The van der Waals surface area contributed by atoms with E-state index in [2.05, 4.69) is 0 Å². The minimum Gasteiger partial charge on any atom is -0.454 e. The Balaban J connectivity index is 0.897. The van der Waals surface area contributed by atoms with Gasteiger partial charge in [0.2, 0.25) is 11.8 Å². The quantitative estimate of drug-likeness (QED) is 0.118. The molecule has 14 nitrogen and oxygen atoms in total. The van der Waals surface area contributed by atoms with E-state index in [0.29, 0.717) is 48.7 Å². The molecule has 0 spiro atoms. The third kappa shape index (κ3) is 7.92. The van der Waals surface area contributed by atoms with Gasteiger partial charge in [-0.2, -0.15) is 0 Å². The molecule has 14 heteroatoms. The summed E-state index contributed by atoms with van der Waals surface area (Å²) in [5, 5.41) is 0. The molecular weight excluding hydrogens is 720 g/mol. The predicted octanol–water partition coefficient (Wildman–Crippen LogP) is 3.35. The van der Waals surface area contributed by atoms with Crippen LogP contribution in [-0.4, -0.2) is 108 Å². The molecule has 0 N–H and O–H groups in total. The highest BCUT2D eigenvalue weighted by atomic mass is 16.5. The molecule has 3 heterocycles. The molecule has 3 aliphatic rings.